The van der Waals surface area contributed by atoms with E-state index in [9.17, 15) is 0 Å². The summed E-state index contributed by atoms with van der Waals surface area (Å²) in [6.07, 6.45) is 3.54. The van der Waals surface area contributed by atoms with Crippen molar-refractivity contribution in [3.63, 3.8) is 0 Å². The molecule has 0 saturated heterocycles. The fourth-order valence-electron chi connectivity index (χ4n) is 2.40. The van der Waals surface area contributed by atoms with Crippen molar-refractivity contribution in [3.8, 4) is 0 Å². The lowest BCUT2D eigenvalue weighted by atomic mass is 9.93. The Hall–Kier alpha value is -1.56. The molecule has 0 aliphatic carbocycles. The standard InChI is InChI=1S/C18H21/c1-15(2)18-14-7-6-12-17(18)13-8-11-16-9-4-3-5-10-16/h4-7,9-10,12,14-15H,8,11,13H2,1-2H3. The third-order valence-electron chi connectivity index (χ3n) is 3.38. The summed E-state index contributed by atoms with van der Waals surface area (Å²) in [6, 6.07) is 20.2. The minimum absolute atomic E-state index is 0.618. The highest BCUT2D eigenvalue weighted by Gasteiger charge is 2.05. The number of benzene rings is 2. The van der Waals surface area contributed by atoms with Gasteiger partial charge < -0.3 is 0 Å². The first kappa shape index (κ1) is 12.9. The van der Waals surface area contributed by atoms with Crippen molar-refractivity contribution < 1.29 is 0 Å². The van der Waals surface area contributed by atoms with Gasteiger partial charge in [-0.2, -0.15) is 0 Å². The van der Waals surface area contributed by atoms with Crippen LogP contribution in [-0.2, 0) is 12.8 Å². The Labute approximate surface area is 111 Å². The van der Waals surface area contributed by atoms with Gasteiger partial charge in [0.1, 0.15) is 0 Å². The van der Waals surface area contributed by atoms with Crippen LogP contribution in [0.15, 0.2) is 48.5 Å². The zero-order chi connectivity index (χ0) is 12.8. The first-order valence-electron chi connectivity index (χ1n) is 6.80. The zero-order valence-electron chi connectivity index (χ0n) is 11.3. The van der Waals surface area contributed by atoms with Gasteiger partial charge in [-0.25, -0.2) is 0 Å². The molecule has 0 amide bonds. The van der Waals surface area contributed by atoms with Gasteiger partial charge in [0.05, 0.1) is 0 Å². The Bertz CT molecular complexity index is 468. The lowest BCUT2D eigenvalue weighted by Crippen LogP contribution is -1.97. The van der Waals surface area contributed by atoms with E-state index in [0.717, 1.165) is 6.42 Å². The molecule has 0 spiro atoms. The van der Waals surface area contributed by atoms with Crippen LogP contribution in [0, 0.1) is 6.07 Å². The topological polar surface area (TPSA) is 0 Å². The summed E-state index contributed by atoms with van der Waals surface area (Å²) in [5, 5.41) is 0. The Morgan fingerprint density at radius 2 is 1.67 bits per heavy atom. The molecule has 0 unspecified atom stereocenters. The van der Waals surface area contributed by atoms with Crippen LogP contribution in [-0.4, -0.2) is 0 Å². The van der Waals surface area contributed by atoms with E-state index in [1.165, 1.54) is 29.5 Å². The molecule has 93 valence electrons. The molecule has 0 aliphatic rings. The zero-order valence-corrected chi connectivity index (χ0v) is 11.3. The van der Waals surface area contributed by atoms with Crippen LogP contribution in [0.4, 0.5) is 0 Å². The SMILES string of the molecule is CC(C)c1ccccc1CCCc1cc[c]cc1. The Kier molecular flexibility index (Phi) is 4.58. The van der Waals surface area contributed by atoms with Gasteiger partial charge in [0, 0.05) is 0 Å². The second kappa shape index (κ2) is 6.39. The molecule has 0 N–H and O–H groups in total. The molecular weight excluding hydrogens is 216 g/mol. The fraction of sp³-hybridized carbons (Fsp3) is 0.333. The molecule has 0 heteroatoms. The first-order valence-corrected chi connectivity index (χ1v) is 6.80. The van der Waals surface area contributed by atoms with Gasteiger partial charge >= 0.3 is 0 Å². The molecule has 0 saturated carbocycles. The molecule has 2 aromatic carbocycles. The van der Waals surface area contributed by atoms with Crippen molar-refractivity contribution in [2.75, 3.05) is 0 Å². The third kappa shape index (κ3) is 3.46. The molecule has 0 heterocycles. The molecular formula is C18H21. The quantitative estimate of drug-likeness (QED) is 0.701. The number of hydrogen-bond acceptors (Lipinski definition) is 0. The normalized spacial score (nSPS) is 10.8. The van der Waals surface area contributed by atoms with E-state index in [4.69, 9.17) is 0 Å². The maximum atomic E-state index is 3.06. The summed E-state index contributed by atoms with van der Waals surface area (Å²) in [7, 11) is 0. The van der Waals surface area contributed by atoms with E-state index in [1.807, 2.05) is 12.1 Å². The predicted octanol–water partition coefficient (Wildman–Crippen LogP) is 4.79. The maximum Gasteiger partial charge on any atom is -0.0184 e. The van der Waals surface area contributed by atoms with E-state index in [0.29, 0.717) is 5.92 Å². The smallest absolute Gasteiger partial charge is 0.0184 e. The second-order valence-electron chi connectivity index (χ2n) is 5.12. The summed E-state index contributed by atoms with van der Waals surface area (Å²) in [4.78, 5) is 0. The Balaban J connectivity index is 1.94. The van der Waals surface area contributed by atoms with E-state index < -0.39 is 0 Å². The fourth-order valence-corrected chi connectivity index (χ4v) is 2.40. The average molecular weight is 237 g/mol. The van der Waals surface area contributed by atoms with Crippen molar-refractivity contribution in [2.24, 2.45) is 0 Å². The van der Waals surface area contributed by atoms with Crippen LogP contribution in [0.1, 0.15) is 42.9 Å². The Morgan fingerprint density at radius 1 is 0.944 bits per heavy atom. The highest BCUT2D eigenvalue weighted by Crippen LogP contribution is 2.20. The predicted molar refractivity (Wildman–Crippen MR) is 77.8 cm³/mol. The van der Waals surface area contributed by atoms with E-state index in [-0.39, 0.29) is 0 Å². The minimum atomic E-state index is 0.618. The Morgan fingerprint density at radius 3 is 2.39 bits per heavy atom. The summed E-state index contributed by atoms with van der Waals surface area (Å²) in [6.45, 7) is 4.54. The van der Waals surface area contributed by atoms with Crippen LogP contribution in [0.25, 0.3) is 0 Å². The highest BCUT2D eigenvalue weighted by molar-refractivity contribution is 5.30. The second-order valence-corrected chi connectivity index (χ2v) is 5.12. The molecule has 0 aromatic heterocycles. The van der Waals surface area contributed by atoms with Crippen molar-refractivity contribution >= 4 is 0 Å². The van der Waals surface area contributed by atoms with Gasteiger partial charge in [0.15, 0.2) is 0 Å². The summed E-state index contributed by atoms with van der Waals surface area (Å²) in [5.74, 6) is 0.618. The van der Waals surface area contributed by atoms with Crippen molar-refractivity contribution in [3.05, 3.63) is 71.3 Å². The van der Waals surface area contributed by atoms with E-state index >= 15 is 0 Å². The van der Waals surface area contributed by atoms with E-state index in [1.54, 1.807) is 0 Å². The molecule has 2 aromatic rings. The van der Waals surface area contributed by atoms with Gasteiger partial charge in [0.2, 0.25) is 0 Å². The van der Waals surface area contributed by atoms with Crippen LogP contribution in [0.3, 0.4) is 0 Å². The average Bonchev–Trinajstić information content (AvgIpc) is 2.40. The van der Waals surface area contributed by atoms with Crippen LogP contribution >= 0.6 is 0 Å². The first-order chi connectivity index (χ1) is 8.77. The highest BCUT2D eigenvalue weighted by atomic mass is 14.1. The van der Waals surface area contributed by atoms with Gasteiger partial charge in [-0.3, -0.25) is 0 Å². The van der Waals surface area contributed by atoms with Crippen LogP contribution in [0.2, 0.25) is 0 Å². The molecule has 18 heavy (non-hydrogen) atoms. The van der Waals surface area contributed by atoms with Gasteiger partial charge in [-0.15, -0.1) is 0 Å². The van der Waals surface area contributed by atoms with E-state index in [2.05, 4.69) is 56.3 Å². The van der Waals surface area contributed by atoms with Crippen molar-refractivity contribution in [1.29, 1.82) is 0 Å². The number of hydrogen-bond donors (Lipinski definition) is 0. The molecule has 0 nitrogen and oxygen atoms in total. The lowest BCUT2D eigenvalue weighted by Gasteiger charge is -2.12. The lowest BCUT2D eigenvalue weighted by molar-refractivity contribution is 0.783. The van der Waals surface area contributed by atoms with Gasteiger partial charge in [-0.1, -0.05) is 62.4 Å². The van der Waals surface area contributed by atoms with Crippen molar-refractivity contribution in [2.45, 2.75) is 39.0 Å². The summed E-state index contributed by atoms with van der Waals surface area (Å²) >= 11 is 0. The van der Waals surface area contributed by atoms with Gasteiger partial charge in [-0.05, 0) is 47.9 Å². The molecule has 2 rings (SSSR count). The molecule has 0 aliphatic heterocycles. The minimum Gasteiger partial charge on any atom is -0.0620 e. The number of rotatable bonds is 5. The monoisotopic (exact) mass is 237 g/mol. The summed E-state index contributed by atoms with van der Waals surface area (Å²) in [5.41, 5.74) is 4.42. The number of aryl methyl sites for hydroxylation is 2. The van der Waals surface area contributed by atoms with Crippen LogP contribution in [0.5, 0.6) is 0 Å². The van der Waals surface area contributed by atoms with Crippen LogP contribution < -0.4 is 0 Å². The van der Waals surface area contributed by atoms with Crippen molar-refractivity contribution in [1.82, 2.24) is 0 Å². The molecule has 0 bridgehead atoms. The molecule has 0 fully saturated rings. The largest absolute Gasteiger partial charge is 0.0620 e. The van der Waals surface area contributed by atoms with Gasteiger partial charge in [0.25, 0.3) is 0 Å². The molecule has 0 atom stereocenters. The maximum absolute atomic E-state index is 3.06. The third-order valence-corrected chi connectivity index (χ3v) is 3.38. The summed E-state index contributed by atoms with van der Waals surface area (Å²) < 4.78 is 0. The molecule has 1 radical (unpaired) electrons.